The molecule has 7 nitrogen and oxygen atoms in total. The van der Waals surface area contributed by atoms with Crippen LogP contribution in [-0.4, -0.2) is 29.5 Å². The van der Waals surface area contributed by atoms with Gasteiger partial charge in [0.15, 0.2) is 0 Å². The molecule has 11 heteroatoms. The topological polar surface area (TPSA) is 89.3 Å². The molecule has 1 aromatic carbocycles. The maximum Gasteiger partial charge on any atom is 0.451 e. The van der Waals surface area contributed by atoms with E-state index in [-0.39, 0.29) is 27.5 Å². The smallest absolute Gasteiger partial charge is 0.451 e. The van der Waals surface area contributed by atoms with Crippen LogP contribution in [0.25, 0.3) is 21.5 Å². The van der Waals surface area contributed by atoms with Crippen molar-refractivity contribution in [1.29, 1.82) is 0 Å². The van der Waals surface area contributed by atoms with Gasteiger partial charge in [-0.2, -0.15) is 13.2 Å². The van der Waals surface area contributed by atoms with Crippen molar-refractivity contribution in [2.75, 3.05) is 19.0 Å². The van der Waals surface area contributed by atoms with Crippen molar-refractivity contribution in [2.24, 2.45) is 0 Å². The van der Waals surface area contributed by atoms with Crippen LogP contribution >= 0.6 is 11.3 Å². The highest BCUT2D eigenvalue weighted by molar-refractivity contribution is 7.20. The summed E-state index contributed by atoms with van der Waals surface area (Å²) in [6.07, 6.45) is 0.389. The molecule has 0 fully saturated rings. The minimum absolute atomic E-state index is 0.0109. The Balaban J connectivity index is 1.67. The summed E-state index contributed by atoms with van der Waals surface area (Å²) < 4.78 is 51.8. The molecule has 3 heterocycles. The quantitative estimate of drug-likeness (QED) is 0.295. The number of rotatable bonds is 8. The Labute approximate surface area is 208 Å². The van der Waals surface area contributed by atoms with Gasteiger partial charge >= 0.3 is 6.18 Å². The summed E-state index contributed by atoms with van der Waals surface area (Å²) in [6.45, 7) is 2.12. The molecule has 36 heavy (non-hydrogen) atoms. The molecular formula is C25H21F3N4O3S. The summed E-state index contributed by atoms with van der Waals surface area (Å²) in [7, 11) is 1.60. The van der Waals surface area contributed by atoms with E-state index in [9.17, 15) is 18.0 Å². The minimum Gasteiger partial charge on any atom is -0.459 e. The summed E-state index contributed by atoms with van der Waals surface area (Å²) >= 11 is 0.824. The van der Waals surface area contributed by atoms with Crippen molar-refractivity contribution < 1.29 is 27.1 Å². The fourth-order valence-electron chi connectivity index (χ4n) is 3.54. The molecule has 1 unspecified atom stereocenters. The van der Waals surface area contributed by atoms with Gasteiger partial charge < -0.3 is 19.8 Å². The van der Waals surface area contributed by atoms with Gasteiger partial charge in [-0.25, -0.2) is 9.97 Å². The highest BCUT2D eigenvalue weighted by atomic mass is 32.1. The second-order valence-electron chi connectivity index (χ2n) is 7.77. The minimum atomic E-state index is -4.77. The molecule has 0 spiro atoms. The average Bonchev–Trinajstić information content (AvgIpc) is 3.50. The molecular weight excluding hydrogens is 493 g/mol. The third kappa shape index (κ3) is 5.35. The maximum atomic E-state index is 13.5. The van der Waals surface area contributed by atoms with Gasteiger partial charge in [-0.3, -0.25) is 4.79 Å². The van der Waals surface area contributed by atoms with Crippen molar-refractivity contribution in [3.63, 3.8) is 0 Å². The molecule has 0 aliphatic carbocycles. The molecule has 1 atom stereocenters. The van der Waals surface area contributed by atoms with Crippen molar-refractivity contribution in [1.82, 2.24) is 15.3 Å². The number of carbonyl (C=O) groups excluding carboxylic acids is 1. The lowest BCUT2D eigenvalue weighted by Crippen LogP contribution is -2.22. The lowest BCUT2D eigenvalue weighted by Gasteiger charge is -2.15. The molecule has 1 amide bonds. The number of nitrogens with zero attached hydrogens (tertiary/aromatic N) is 2. The predicted octanol–water partition coefficient (Wildman–Crippen LogP) is 5.65. The Bertz CT molecular complexity index is 1440. The molecule has 0 aliphatic rings. The highest BCUT2D eigenvalue weighted by Crippen LogP contribution is 2.36. The van der Waals surface area contributed by atoms with Gasteiger partial charge in [0.25, 0.3) is 5.91 Å². The number of hydrogen-bond donors (Lipinski definition) is 2. The molecule has 4 aromatic rings. The number of furan rings is 1. The van der Waals surface area contributed by atoms with Crippen LogP contribution in [0.3, 0.4) is 0 Å². The third-order valence-corrected chi connectivity index (χ3v) is 6.24. The van der Waals surface area contributed by atoms with Crippen LogP contribution in [0.1, 0.15) is 39.8 Å². The Morgan fingerprint density at radius 2 is 2.03 bits per heavy atom. The zero-order chi connectivity index (χ0) is 25.9. The lowest BCUT2D eigenvalue weighted by atomic mass is 10.1. The Hall–Kier alpha value is -3.88. The zero-order valence-electron chi connectivity index (χ0n) is 19.3. The van der Waals surface area contributed by atoms with Crippen molar-refractivity contribution >= 4 is 33.3 Å². The Kier molecular flexibility index (Phi) is 7.28. The van der Waals surface area contributed by atoms with E-state index in [1.54, 1.807) is 26.2 Å². The summed E-state index contributed by atoms with van der Waals surface area (Å²) in [5, 5.41) is 5.76. The van der Waals surface area contributed by atoms with E-state index in [2.05, 4.69) is 26.5 Å². The first kappa shape index (κ1) is 25.2. The first-order valence-corrected chi connectivity index (χ1v) is 11.6. The van der Waals surface area contributed by atoms with Gasteiger partial charge in [0, 0.05) is 12.7 Å². The van der Waals surface area contributed by atoms with Gasteiger partial charge in [-0.05, 0) is 30.7 Å². The van der Waals surface area contributed by atoms with Gasteiger partial charge in [0.1, 0.15) is 22.2 Å². The summed E-state index contributed by atoms with van der Waals surface area (Å²) in [5.41, 5.74) is 1.78. The largest absolute Gasteiger partial charge is 0.459 e. The third-order valence-electron chi connectivity index (χ3n) is 5.21. The number of benzene rings is 1. The number of methoxy groups -OCH3 is 1. The van der Waals surface area contributed by atoms with E-state index in [1.165, 1.54) is 6.07 Å². The van der Waals surface area contributed by atoms with E-state index in [1.807, 2.05) is 24.3 Å². The van der Waals surface area contributed by atoms with Crippen LogP contribution in [-0.2, 0) is 17.5 Å². The second kappa shape index (κ2) is 10.4. The Morgan fingerprint density at radius 1 is 1.25 bits per heavy atom. The van der Waals surface area contributed by atoms with Crippen LogP contribution in [0.2, 0.25) is 0 Å². The standard InChI is InChI=1S/C25H21F3N4O3S/c1-4-11-29-22(33)20-12-17-21(31-24(25(26,27)28)32-23(17)36-20)30-14(2)18-9-10-19(35-18)16-8-6-5-7-15(16)13-34-3/h1,5-10,12,14H,11,13H2,2-3H3,(H,29,33)(H,30,31,32). The van der Waals surface area contributed by atoms with Gasteiger partial charge in [-0.15, -0.1) is 17.8 Å². The number of halogens is 3. The number of carbonyl (C=O) groups is 1. The molecule has 0 saturated heterocycles. The number of alkyl halides is 3. The fraction of sp³-hybridized carbons (Fsp3) is 0.240. The van der Waals surface area contributed by atoms with Crippen molar-refractivity contribution in [2.45, 2.75) is 25.7 Å². The number of terminal acetylenes is 1. The summed E-state index contributed by atoms with van der Waals surface area (Å²) in [5.74, 6) is 1.48. The number of amides is 1. The number of aromatic nitrogens is 2. The number of ether oxygens (including phenoxy) is 1. The van der Waals surface area contributed by atoms with Crippen LogP contribution < -0.4 is 10.6 Å². The van der Waals surface area contributed by atoms with Gasteiger partial charge in [0.05, 0.1) is 29.5 Å². The zero-order valence-corrected chi connectivity index (χ0v) is 20.1. The monoisotopic (exact) mass is 514 g/mol. The van der Waals surface area contributed by atoms with E-state index in [0.717, 1.165) is 22.5 Å². The van der Waals surface area contributed by atoms with E-state index in [0.29, 0.717) is 18.1 Å². The second-order valence-corrected chi connectivity index (χ2v) is 8.80. The fourth-order valence-corrected chi connectivity index (χ4v) is 4.48. The maximum absolute atomic E-state index is 13.5. The highest BCUT2D eigenvalue weighted by Gasteiger charge is 2.36. The van der Waals surface area contributed by atoms with Gasteiger partial charge in [0.2, 0.25) is 5.82 Å². The number of nitrogens with one attached hydrogen (secondary N) is 2. The van der Waals surface area contributed by atoms with E-state index >= 15 is 0 Å². The predicted molar refractivity (Wildman–Crippen MR) is 130 cm³/mol. The lowest BCUT2D eigenvalue weighted by molar-refractivity contribution is -0.144. The SMILES string of the molecule is C#CCNC(=O)c1cc2c(NC(C)c3ccc(-c4ccccc4COC)o3)nc(C(F)(F)F)nc2s1. The average molecular weight is 515 g/mol. The molecule has 2 N–H and O–H groups in total. The number of thiophene rings is 1. The van der Waals surface area contributed by atoms with Crippen LogP contribution in [0.4, 0.5) is 19.0 Å². The Morgan fingerprint density at radius 3 is 2.75 bits per heavy atom. The molecule has 3 aromatic heterocycles. The molecule has 4 rings (SSSR count). The first-order valence-electron chi connectivity index (χ1n) is 10.7. The van der Waals surface area contributed by atoms with Crippen LogP contribution in [0.5, 0.6) is 0 Å². The van der Waals surface area contributed by atoms with Crippen molar-refractivity contribution in [3.05, 3.63) is 64.5 Å². The molecule has 186 valence electrons. The molecule has 0 radical (unpaired) electrons. The van der Waals surface area contributed by atoms with Gasteiger partial charge in [-0.1, -0.05) is 30.2 Å². The number of hydrogen-bond acceptors (Lipinski definition) is 7. The normalized spacial score (nSPS) is 12.3. The molecule has 0 saturated carbocycles. The summed E-state index contributed by atoms with van der Waals surface area (Å²) in [4.78, 5) is 19.8. The van der Waals surface area contributed by atoms with E-state index in [4.69, 9.17) is 15.6 Å². The van der Waals surface area contributed by atoms with E-state index < -0.39 is 23.9 Å². The van der Waals surface area contributed by atoms with Crippen molar-refractivity contribution in [3.8, 4) is 23.7 Å². The summed E-state index contributed by atoms with van der Waals surface area (Å²) in [6, 6.07) is 12.0. The number of anilines is 1. The first-order chi connectivity index (χ1) is 17.2. The van der Waals surface area contributed by atoms with Crippen LogP contribution in [0.15, 0.2) is 46.9 Å². The number of fused-ring (bicyclic) bond motifs is 1. The molecule has 0 bridgehead atoms. The molecule has 0 aliphatic heterocycles. The van der Waals surface area contributed by atoms with Crippen LogP contribution in [0, 0.1) is 12.3 Å².